The fourth-order valence-corrected chi connectivity index (χ4v) is 3.47. The number of aryl methyl sites for hydroxylation is 1. The third-order valence-electron chi connectivity index (χ3n) is 3.63. The van der Waals surface area contributed by atoms with Gasteiger partial charge in [0, 0.05) is 34.5 Å². The molecule has 106 valence electrons. The van der Waals surface area contributed by atoms with Crippen LogP contribution in [0.3, 0.4) is 0 Å². The Kier molecular flexibility index (Phi) is 4.23. The molecule has 1 aromatic heterocycles. The summed E-state index contributed by atoms with van der Waals surface area (Å²) in [6.07, 6.45) is 3.72. The van der Waals surface area contributed by atoms with Crippen molar-refractivity contribution in [2.24, 2.45) is 5.73 Å². The van der Waals surface area contributed by atoms with Gasteiger partial charge in [0.1, 0.15) is 0 Å². The monoisotopic (exact) mass is 294 g/mol. The summed E-state index contributed by atoms with van der Waals surface area (Å²) >= 11 is 1.82. The van der Waals surface area contributed by atoms with Crippen LogP contribution in [-0.2, 0) is 0 Å². The van der Waals surface area contributed by atoms with E-state index in [0.717, 1.165) is 11.1 Å². The topological polar surface area (TPSA) is 38.9 Å². The number of thioether (sulfide) groups is 1. The van der Waals surface area contributed by atoms with E-state index in [1.165, 1.54) is 21.4 Å². The Bertz CT molecular complexity index is 750. The fourth-order valence-electron chi connectivity index (χ4n) is 2.46. The molecule has 0 spiro atoms. The zero-order chi connectivity index (χ0) is 14.7. The maximum Gasteiger partial charge on any atom is 0.0396 e. The Morgan fingerprint density at radius 1 is 1.10 bits per heavy atom. The number of nitrogens with zero attached hydrogens (tertiary/aromatic N) is 1. The highest BCUT2D eigenvalue weighted by molar-refractivity contribution is 7.99. The molecule has 1 unspecified atom stereocenters. The zero-order valence-corrected chi connectivity index (χ0v) is 12.8. The molecule has 3 rings (SSSR count). The highest BCUT2D eigenvalue weighted by atomic mass is 32.2. The number of rotatable bonds is 4. The third-order valence-corrected chi connectivity index (χ3v) is 4.92. The van der Waals surface area contributed by atoms with Gasteiger partial charge in [-0.3, -0.25) is 4.98 Å². The normalized spacial score (nSPS) is 12.5. The van der Waals surface area contributed by atoms with Crippen molar-refractivity contribution >= 4 is 22.5 Å². The number of nitrogens with two attached hydrogens (primary N) is 1. The largest absolute Gasteiger partial charge is 0.323 e. The molecule has 0 fully saturated rings. The highest BCUT2D eigenvalue weighted by Gasteiger charge is 2.11. The molecule has 1 heterocycles. The van der Waals surface area contributed by atoms with Crippen LogP contribution in [0.2, 0.25) is 0 Å². The first-order valence-corrected chi connectivity index (χ1v) is 8.01. The van der Waals surface area contributed by atoms with E-state index < -0.39 is 0 Å². The van der Waals surface area contributed by atoms with Crippen LogP contribution < -0.4 is 5.73 Å². The average molecular weight is 294 g/mol. The number of pyridine rings is 1. The van der Waals surface area contributed by atoms with Crippen LogP contribution in [0.1, 0.15) is 17.2 Å². The average Bonchev–Trinajstić information content (AvgIpc) is 2.53. The van der Waals surface area contributed by atoms with Gasteiger partial charge in [0.05, 0.1) is 0 Å². The molecule has 0 bridgehead atoms. The Morgan fingerprint density at radius 2 is 1.95 bits per heavy atom. The summed E-state index contributed by atoms with van der Waals surface area (Å²) in [5.74, 6) is 0.867. The van der Waals surface area contributed by atoms with E-state index in [2.05, 4.69) is 54.4 Å². The minimum Gasteiger partial charge on any atom is -0.323 e. The van der Waals surface area contributed by atoms with E-state index in [0.29, 0.717) is 0 Å². The molecular formula is C18H18N2S. The molecule has 2 aromatic carbocycles. The summed E-state index contributed by atoms with van der Waals surface area (Å²) < 4.78 is 0. The standard InChI is InChI=1S/C18H18N2S/c1-13-5-2-3-8-18(13)21-12-17(19)16-7-4-6-14-11-20-10-9-15(14)16/h2-11,17H,12,19H2,1H3. The van der Waals surface area contributed by atoms with Gasteiger partial charge >= 0.3 is 0 Å². The van der Waals surface area contributed by atoms with Crippen LogP contribution in [0.5, 0.6) is 0 Å². The second kappa shape index (κ2) is 6.29. The van der Waals surface area contributed by atoms with Gasteiger partial charge in [-0.15, -0.1) is 11.8 Å². The SMILES string of the molecule is Cc1ccccc1SCC(N)c1cccc2cnccc12. The van der Waals surface area contributed by atoms with Gasteiger partial charge in [-0.05, 0) is 35.6 Å². The number of fused-ring (bicyclic) bond motifs is 1. The van der Waals surface area contributed by atoms with Gasteiger partial charge in [-0.1, -0.05) is 36.4 Å². The number of hydrogen-bond donors (Lipinski definition) is 1. The van der Waals surface area contributed by atoms with Crippen molar-refractivity contribution in [3.63, 3.8) is 0 Å². The van der Waals surface area contributed by atoms with E-state index in [1.54, 1.807) is 0 Å². The second-order valence-corrected chi connectivity index (χ2v) is 6.19. The van der Waals surface area contributed by atoms with Crippen molar-refractivity contribution in [2.75, 3.05) is 5.75 Å². The van der Waals surface area contributed by atoms with Crippen molar-refractivity contribution < 1.29 is 0 Å². The predicted octanol–water partition coefficient (Wildman–Crippen LogP) is 4.34. The minimum absolute atomic E-state index is 0.0145. The molecule has 3 heteroatoms. The Morgan fingerprint density at radius 3 is 2.81 bits per heavy atom. The number of aromatic nitrogens is 1. The molecule has 0 aliphatic rings. The molecule has 0 radical (unpaired) electrons. The Hall–Kier alpha value is -1.84. The summed E-state index contributed by atoms with van der Waals surface area (Å²) in [6.45, 7) is 2.14. The second-order valence-electron chi connectivity index (χ2n) is 5.13. The molecule has 0 amide bonds. The highest BCUT2D eigenvalue weighted by Crippen LogP contribution is 2.29. The fraction of sp³-hybridized carbons (Fsp3) is 0.167. The Balaban J connectivity index is 1.81. The van der Waals surface area contributed by atoms with E-state index in [4.69, 9.17) is 5.73 Å². The predicted molar refractivity (Wildman–Crippen MR) is 90.6 cm³/mol. The first-order chi connectivity index (χ1) is 10.3. The molecule has 0 aliphatic carbocycles. The molecule has 3 aromatic rings. The van der Waals surface area contributed by atoms with E-state index in [-0.39, 0.29) is 6.04 Å². The van der Waals surface area contributed by atoms with Gasteiger partial charge in [-0.2, -0.15) is 0 Å². The van der Waals surface area contributed by atoms with E-state index >= 15 is 0 Å². The minimum atomic E-state index is 0.0145. The lowest BCUT2D eigenvalue weighted by atomic mass is 10.0. The molecule has 1 atom stereocenters. The molecule has 2 N–H and O–H groups in total. The third kappa shape index (κ3) is 3.09. The summed E-state index contributed by atoms with van der Waals surface area (Å²) in [6, 6.07) is 16.7. The first-order valence-electron chi connectivity index (χ1n) is 7.02. The van der Waals surface area contributed by atoms with Crippen molar-refractivity contribution in [3.8, 4) is 0 Å². The molecule has 21 heavy (non-hydrogen) atoms. The van der Waals surface area contributed by atoms with E-state index in [1.807, 2.05) is 30.2 Å². The van der Waals surface area contributed by atoms with Crippen LogP contribution in [0, 0.1) is 6.92 Å². The molecular weight excluding hydrogens is 276 g/mol. The molecule has 0 saturated heterocycles. The van der Waals surface area contributed by atoms with Crippen LogP contribution in [-0.4, -0.2) is 10.7 Å². The quantitative estimate of drug-likeness (QED) is 0.728. The van der Waals surface area contributed by atoms with E-state index in [9.17, 15) is 0 Å². The van der Waals surface area contributed by atoms with Crippen LogP contribution in [0.4, 0.5) is 0 Å². The lowest BCUT2D eigenvalue weighted by Gasteiger charge is -2.15. The molecule has 0 saturated carbocycles. The summed E-state index contributed by atoms with van der Waals surface area (Å²) in [5, 5.41) is 2.34. The smallest absolute Gasteiger partial charge is 0.0396 e. The lowest BCUT2D eigenvalue weighted by molar-refractivity contribution is 0.839. The van der Waals surface area contributed by atoms with Crippen LogP contribution >= 0.6 is 11.8 Å². The maximum absolute atomic E-state index is 6.42. The van der Waals surface area contributed by atoms with Crippen molar-refractivity contribution in [3.05, 3.63) is 72.1 Å². The lowest BCUT2D eigenvalue weighted by Crippen LogP contribution is -2.13. The van der Waals surface area contributed by atoms with Gasteiger partial charge in [0.25, 0.3) is 0 Å². The number of hydrogen-bond acceptors (Lipinski definition) is 3. The van der Waals surface area contributed by atoms with Crippen molar-refractivity contribution in [1.82, 2.24) is 4.98 Å². The van der Waals surface area contributed by atoms with Gasteiger partial charge < -0.3 is 5.73 Å². The summed E-state index contributed by atoms with van der Waals surface area (Å²) in [5.41, 5.74) is 8.91. The van der Waals surface area contributed by atoms with Crippen molar-refractivity contribution in [2.45, 2.75) is 17.9 Å². The molecule has 0 aliphatic heterocycles. The maximum atomic E-state index is 6.42. The van der Waals surface area contributed by atoms with Crippen molar-refractivity contribution in [1.29, 1.82) is 0 Å². The van der Waals surface area contributed by atoms with Gasteiger partial charge in [-0.25, -0.2) is 0 Å². The summed E-state index contributed by atoms with van der Waals surface area (Å²) in [4.78, 5) is 5.47. The first kappa shape index (κ1) is 14.1. The molecule has 2 nitrogen and oxygen atoms in total. The van der Waals surface area contributed by atoms with Crippen LogP contribution in [0.25, 0.3) is 10.8 Å². The van der Waals surface area contributed by atoms with Crippen LogP contribution in [0.15, 0.2) is 65.8 Å². The summed E-state index contributed by atoms with van der Waals surface area (Å²) in [7, 11) is 0. The number of benzene rings is 2. The Labute approximate surface area is 129 Å². The van der Waals surface area contributed by atoms with Gasteiger partial charge in [0.2, 0.25) is 0 Å². The van der Waals surface area contributed by atoms with Gasteiger partial charge in [0.15, 0.2) is 0 Å². The zero-order valence-electron chi connectivity index (χ0n) is 12.0.